The van der Waals surface area contributed by atoms with Crippen LogP contribution in [0.2, 0.25) is 0 Å². The maximum Gasteiger partial charge on any atom is 0.223 e. The molecule has 13 heavy (non-hydrogen) atoms. The first-order chi connectivity index (χ1) is 5.80. The molecule has 1 unspecified atom stereocenters. The number of nitrogens with zero attached hydrogens (tertiary/aromatic N) is 1. The van der Waals surface area contributed by atoms with Gasteiger partial charge in [-0.05, 0) is 12.3 Å². The van der Waals surface area contributed by atoms with Gasteiger partial charge in [0.15, 0.2) is 0 Å². The lowest BCUT2D eigenvalue weighted by Crippen LogP contribution is -2.43. The summed E-state index contributed by atoms with van der Waals surface area (Å²) in [5.41, 5.74) is 0.150. The van der Waals surface area contributed by atoms with Crippen LogP contribution in [0.15, 0.2) is 0 Å². The Morgan fingerprint density at radius 3 is 2.23 bits per heavy atom. The van der Waals surface area contributed by atoms with E-state index in [1.807, 2.05) is 11.9 Å². The highest BCUT2D eigenvalue weighted by Gasteiger charge is 2.26. The van der Waals surface area contributed by atoms with E-state index in [9.17, 15) is 4.79 Å². The lowest BCUT2D eigenvalue weighted by molar-refractivity contribution is -0.133. The molecule has 0 aromatic heterocycles. The molecule has 3 heteroatoms. The third-order valence-electron chi connectivity index (χ3n) is 2.54. The van der Waals surface area contributed by atoms with E-state index in [2.05, 4.69) is 43.6 Å². The van der Waals surface area contributed by atoms with Crippen LogP contribution in [-0.2, 0) is 4.79 Å². The number of alkyl halides is 1. The molecule has 2 nitrogen and oxygen atoms in total. The molecular weight excluding hydrogens is 230 g/mol. The van der Waals surface area contributed by atoms with Gasteiger partial charge in [-0.25, -0.2) is 0 Å². The number of hydrogen-bond acceptors (Lipinski definition) is 1. The fourth-order valence-corrected chi connectivity index (χ4v) is 1.39. The van der Waals surface area contributed by atoms with Crippen molar-refractivity contribution in [2.75, 3.05) is 12.4 Å². The third-order valence-corrected chi connectivity index (χ3v) is 2.93. The van der Waals surface area contributed by atoms with Gasteiger partial charge in [-0.2, -0.15) is 0 Å². The molecular formula is C10H20BrNO. The molecule has 0 radical (unpaired) electrons. The lowest BCUT2D eigenvalue weighted by atomic mass is 9.87. The van der Waals surface area contributed by atoms with Crippen LogP contribution in [0.3, 0.4) is 0 Å². The summed E-state index contributed by atoms with van der Waals surface area (Å²) in [5, 5.41) is 0.743. The second-order valence-electron chi connectivity index (χ2n) is 4.49. The lowest BCUT2D eigenvalue weighted by Gasteiger charge is -2.35. The van der Waals surface area contributed by atoms with Crippen molar-refractivity contribution in [1.29, 1.82) is 0 Å². The average Bonchev–Trinajstić information content (AvgIpc) is 2.00. The van der Waals surface area contributed by atoms with Gasteiger partial charge < -0.3 is 4.90 Å². The number of carbonyl (C=O) groups excluding carboxylic acids is 1. The van der Waals surface area contributed by atoms with Gasteiger partial charge in [-0.3, -0.25) is 4.79 Å². The Labute approximate surface area is 89.8 Å². The molecule has 1 amide bonds. The van der Waals surface area contributed by atoms with Gasteiger partial charge >= 0.3 is 0 Å². The minimum atomic E-state index is 0.150. The standard InChI is InChI=1S/C10H20BrNO/c1-8(10(2,3)4)12(5)9(13)6-7-11/h8H,6-7H2,1-5H3. The molecule has 0 N–H and O–H groups in total. The normalized spacial score (nSPS) is 14.0. The van der Waals surface area contributed by atoms with Crippen LogP contribution in [0.4, 0.5) is 0 Å². The average molecular weight is 250 g/mol. The van der Waals surface area contributed by atoms with Gasteiger partial charge in [0.1, 0.15) is 0 Å². The van der Waals surface area contributed by atoms with Crippen molar-refractivity contribution >= 4 is 21.8 Å². The van der Waals surface area contributed by atoms with Crippen molar-refractivity contribution in [3.63, 3.8) is 0 Å². The second-order valence-corrected chi connectivity index (χ2v) is 5.28. The molecule has 0 heterocycles. The Hall–Kier alpha value is -0.0500. The van der Waals surface area contributed by atoms with Crippen LogP contribution < -0.4 is 0 Å². The Morgan fingerprint density at radius 1 is 1.46 bits per heavy atom. The van der Waals surface area contributed by atoms with Crippen LogP contribution in [0.5, 0.6) is 0 Å². The summed E-state index contributed by atoms with van der Waals surface area (Å²) >= 11 is 3.27. The SMILES string of the molecule is CC(N(C)C(=O)CCBr)C(C)(C)C. The fourth-order valence-electron chi connectivity index (χ4n) is 1.05. The third kappa shape index (κ3) is 4.12. The highest BCUT2D eigenvalue weighted by molar-refractivity contribution is 9.09. The Morgan fingerprint density at radius 2 is 1.92 bits per heavy atom. The van der Waals surface area contributed by atoms with Crippen molar-refractivity contribution in [1.82, 2.24) is 4.90 Å². The molecule has 0 aliphatic carbocycles. The maximum absolute atomic E-state index is 11.5. The predicted octanol–water partition coefficient (Wildman–Crippen LogP) is 2.66. The van der Waals surface area contributed by atoms with Crippen LogP contribution in [0.25, 0.3) is 0 Å². The summed E-state index contributed by atoms with van der Waals surface area (Å²) in [4.78, 5) is 13.4. The summed E-state index contributed by atoms with van der Waals surface area (Å²) < 4.78 is 0. The van der Waals surface area contributed by atoms with Crippen molar-refractivity contribution in [2.24, 2.45) is 5.41 Å². The maximum atomic E-state index is 11.5. The molecule has 0 spiro atoms. The molecule has 0 saturated heterocycles. The molecule has 1 atom stereocenters. The zero-order valence-electron chi connectivity index (χ0n) is 9.22. The number of amides is 1. The summed E-state index contributed by atoms with van der Waals surface area (Å²) in [7, 11) is 1.88. The van der Waals surface area contributed by atoms with Crippen LogP contribution in [-0.4, -0.2) is 29.2 Å². The highest BCUT2D eigenvalue weighted by atomic mass is 79.9. The van der Waals surface area contributed by atoms with Crippen molar-refractivity contribution in [3.8, 4) is 0 Å². The van der Waals surface area contributed by atoms with Gasteiger partial charge in [-0.1, -0.05) is 36.7 Å². The minimum Gasteiger partial charge on any atom is -0.343 e. The quantitative estimate of drug-likeness (QED) is 0.705. The predicted molar refractivity (Wildman–Crippen MR) is 60.1 cm³/mol. The molecule has 0 bridgehead atoms. The first-order valence-corrected chi connectivity index (χ1v) is 5.74. The van der Waals surface area contributed by atoms with Crippen molar-refractivity contribution in [3.05, 3.63) is 0 Å². The van der Waals surface area contributed by atoms with E-state index in [1.54, 1.807) is 0 Å². The zero-order chi connectivity index (χ0) is 10.6. The van der Waals surface area contributed by atoms with Crippen LogP contribution in [0, 0.1) is 5.41 Å². The first-order valence-electron chi connectivity index (χ1n) is 4.62. The topological polar surface area (TPSA) is 20.3 Å². The van der Waals surface area contributed by atoms with E-state index in [1.165, 1.54) is 0 Å². The Kier molecular flexibility index (Phi) is 4.97. The van der Waals surface area contributed by atoms with E-state index in [0.717, 1.165) is 5.33 Å². The largest absolute Gasteiger partial charge is 0.343 e. The monoisotopic (exact) mass is 249 g/mol. The molecule has 0 aliphatic heterocycles. The van der Waals surface area contributed by atoms with Gasteiger partial charge in [0.05, 0.1) is 0 Å². The molecule has 0 aliphatic rings. The highest BCUT2D eigenvalue weighted by Crippen LogP contribution is 2.23. The summed E-state index contributed by atoms with van der Waals surface area (Å²) in [5.74, 6) is 0.208. The Bertz CT molecular complexity index is 174. The van der Waals surface area contributed by atoms with Crippen LogP contribution >= 0.6 is 15.9 Å². The molecule has 0 saturated carbocycles. The zero-order valence-corrected chi connectivity index (χ0v) is 10.8. The molecule has 0 aromatic carbocycles. The van der Waals surface area contributed by atoms with E-state index < -0.39 is 0 Å². The molecule has 78 valence electrons. The summed E-state index contributed by atoms with van der Waals surface area (Å²) in [6.07, 6.45) is 0.580. The second kappa shape index (κ2) is 4.99. The number of carbonyl (C=O) groups is 1. The minimum absolute atomic E-state index is 0.150. The molecule has 0 fully saturated rings. The van der Waals surface area contributed by atoms with Crippen LogP contribution in [0.1, 0.15) is 34.1 Å². The van der Waals surface area contributed by atoms with E-state index in [0.29, 0.717) is 6.42 Å². The van der Waals surface area contributed by atoms with Gasteiger partial charge in [0.25, 0.3) is 0 Å². The number of hydrogen-bond donors (Lipinski definition) is 0. The number of rotatable bonds is 3. The first kappa shape index (κ1) is 12.9. The molecule has 0 rings (SSSR count). The van der Waals surface area contributed by atoms with Gasteiger partial charge in [0.2, 0.25) is 5.91 Å². The van der Waals surface area contributed by atoms with Crippen molar-refractivity contribution in [2.45, 2.75) is 40.2 Å². The Balaban J connectivity index is 4.25. The van der Waals surface area contributed by atoms with Crippen molar-refractivity contribution < 1.29 is 4.79 Å². The molecule has 0 aromatic rings. The fraction of sp³-hybridized carbons (Fsp3) is 0.900. The van der Waals surface area contributed by atoms with E-state index in [-0.39, 0.29) is 17.4 Å². The smallest absolute Gasteiger partial charge is 0.223 e. The van der Waals surface area contributed by atoms with E-state index >= 15 is 0 Å². The van der Waals surface area contributed by atoms with Gasteiger partial charge in [-0.15, -0.1) is 0 Å². The summed E-state index contributed by atoms with van der Waals surface area (Å²) in [6.45, 7) is 8.53. The number of halogens is 1. The van der Waals surface area contributed by atoms with E-state index in [4.69, 9.17) is 0 Å². The summed E-state index contributed by atoms with van der Waals surface area (Å²) in [6, 6.07) is 0.277. The van der Waals surface area contributed by atoms with Gasteiger partial charge in [0, 0.05) is 24.8 Å².